The van der Waals surface area contributed by atoms with E-state index in [0.717, 1.165) is 30.0 Å². The van der Waals surface area contributed by atoms with E-state index < -0.39 is 0 Å². The molecule has 0 aliphatic carbocycles. The van der Waals surface area contributed by atoms with Crippen molar-refractivity contribution in [1.82, 2.24) is 5.32 Å². The van der Waals surface area contributed by atoms with Gasteiger partial charge in [-0.05, 0) is 29.3 Å². The molecule has 2 aromatic rings. The molecule has 2 aromatic carbocycles. The van der Waals surface area contributed by atoms with Crippen LogP contribution >= 0.6 is 12.4 Å². The second kappa shape index (κ2) is 10.1. The van der Waals surface area contributed by atoms with Crippen molar-refractivity contribution in [3.63, 3.8) is 0 Å². The monoisotopic (exact) mass is 336 g/mol. The average molecular weight is 337 g/mol. The molecule has 0 aliphatic heterocycles. The molecule has 23 heavy (non-hydrogen) atoms. The van der Waals surface area contributed by atoms with Crippen molar-refractivity contribution in [2.75, 3.05) is 13.2 Å². The summed E-state index contributed by atoms with van der Waals surface area (Å²) in [5.74, 6) is 0.575. The molecule has 2 rings (SSSR count). The number of carbonyl (C=O) groups excluding carboxylic acids is 1. The Balaban J connectivity index is 0.00000264. The van der Waals surface area contributed by atoms with Crippen molar-refractivity contribution in [1.29, 1.82) is 0 Å². The number of hydrogen-bond donors (Lipinski definition) is 2. The summed E-state index contributed by atoms with van der Waals surface area (Å²) >= 11 is 0. The van der Waals surface area contributed by atoms with Gasteiger partial charge in [-0.25, -0.2) is 0 Å². The van der Waals surface area contributed by atoms with Gasteiger partial charge in [-0.1, -0.05) is 50.1 Å². The van der Waals surface area contributed by atoms with E-state index >= 15 is 0 Å². The number of fused-ring (bicyclic) bond motifs is 1. The van der Waals surface area contributed by atoms with Gasteiger partial charge >= 0.3 is 0 Å². The highest BCUT2D eigenvalue weighted by Gasteiger charge is 2.10. The van der Waals surface area contributed by atoms with Gasteiger partial charge in [0.15, 0.2) is 6.61 Å². The van der Waals surface area contributed by atoms with Crippen molar-refractivity contribution < 1.29 is 9.53 Å². The Bertz CT molecular complexity index is 619. The second-order valence-electron chi connectivity index (χ2n) is 5.44. The van der Waals surface area contributed by atoms with Crippen molar-refractivity contribution in [2.24, 2.45) is 5.73 Å². The highest BCUT2D eigenvalue weighted by atomic mass is 35.5. The van der Waals surface area contributed by atoms with Crippen LogP contribution in [0.3, 0.4) is 0 Å². The Morgan fingerprint density at radius 2 is 1.96 bits per heavy atom. The predicted molar refractivity (Wildman–Crippen MR) is 97.2 cm³/mol. The van der Waals surface area contributed by atoms with Crippen molar-refractivity contribution >= 4 is 29.1 Å². The maximum atomic E-state index is 11.9. The number of nitrogens with two attached hydrogens (primary N) is 1. The molecule has 5 heteroatoms. The quantitative estimate of drug-likeness (QED) is 0.777. The maximum Gasteiger partial charge on any atom is 0.258 e. The lowest BCUT2D eigenvalue weighted by molar-refractivity contribution is -0.123. The third-order valence-electron chi connectivity index (χ3n) is 3.65. The molecular weight excluding hydrogens is 312 g/mol. The molecule has 1 atom stereocenters. The van der Waals surface area contributed by atoms with E-state index in [4.69, 9.17) is 10.5 Å². The molecule has 0 fully saturated rings. The average Bonchev–Trinajstić information content (AvgIpc) is 2.56. The summed E-state index contributed by atoms with van der Waals surface area (Å²) in [7, 11) is 0. The Kier molecular flexibility index (Phi) is 8.45. The number of hydrogen-bond acceptors (Lipinski definition) is 3. The Morgan fingerprint density at radius 1 is 1.22 bits per heavy atom. The number of nitrogens with one attached hydrogen (secondary N) is 1. The summed E-state index contributed by atoms with van der Waals surface area (Å²) in [6.45, 7) is 2.60. The van der Waals surface area contributed by atoms with Gasteiger partial charge in [-0.3, -0.25) is 4.79 Å². The van der Waals surface area contributed by atoms with Gasteiger partial charge in [-0.2, -0.15) is 0 Å². The summed E-state index contributed by atoms with van der Waals surface area (Å²) in [4.78, 5) is 11.9. The molecule has 3 N–H and O–H groups in total. The highest BCUT2D eigenvalue weighted by molar-refractivity contribution is 5.85. The van der Waals surface area contributed by atoms with Crippen LogP contribution in [0.2, 0.25) is 0 Å². The first kappa shape index (κ1) is 19.3. The third kappa shape index (κ3) is 6.08. The highest BCUT2D eigenvalue weighted by Crippen LogP contribution is 2.20. The van der Waals surface area contributed by atoms with Gasteiger partial charge < -0.3 is 15.8 Å². The molecule has 0 aromatic heterocycles. The molecule has 126 valence electrons. The van der Waals surface area contributed by atoms with Crippen LogP contribution in [0.1, 0.15) is 26.2 Å². The van der Waals surface area contributed by atoms with Crippen LogP contribution in [0.25, 0.3) is 10.8 Å². The number of rotatable bonds is 8. The Labute approximate surface area is 143 Å². The smallest absolute Gasteiger partial charge is 0.258 e. The molecule has 4 nitrogen and oxygen atoms in total. The second-order valence-corrected chi connectivity index (χ2v) is 5.44. The van der Waals surface area contributed by atoms with Crippen LogP contribution in [-0.2, 0) is 4.79 Å². The zero-order chi connectivity index (χ0) is 15.8. The molecule has 0 saturated carbocycles. The number of ether oxygens (including phenoxy) is 1. The van der Waals surface area contributed by atoms with Crippen LogP contribution in [0.15, 0.2) is 42.5 Å². The zero-order valence-corrected chi connectivity index (χ0v) is 14.3. The Morgan fingerprint density at radius 3 is 2.65 bits per heavy atom. The number of unbranched alkanes of at least 4 members (excludes halogenated alkanes) is 1. The normalized spacial score (nSPS) is 11.6. The number of benzene rings is 2. The van der Waals surface area contributed by atoms with Gasteiger partial charge in [0.2, 0.25) is 0 Å². The lowest BCUT2D eigenvalue weighted by atomic mass is 10.1. The number of carbonyl (C=O) groups is 1. The van der Waals surface area contributed by atoms with Crippen molar-refractivity contribution in [3.05, 3.63) is 42.5 Å². The minimum atomic E-state index is -0.125. The lowest BCUT2D eigenvalue weighted by Crippen LogP contribution is -2.42. The van der Waals surface area contributed by atoms with E-state index in [1.54, 1.807) is 0 Å². The standard InChI is InChI=1S/C18H24N2O2.ClH/c1-2-3-8-16(12-19)20-18(21)13-22-17-10-9-14-6-4-5-7-15(14)11-17;/h4-7,9-11,16H,2-3,8,12-13,19H2,1H3,(H,20,21);1H. The molecule has 0 bridgehead atoms. The summed E-state index contributed by atoms with van der Waals surface area (Å²) < 4.78 is 5.57. The minimum absolute atomic E-state index is 0. The molecule has 0 saturated heterocycles. The number of amides is 1. The fourth-order valence-electron chi connectivity index (χ4n) is 2.37. The maximum absolute atomic E-state index is 11.9. The van der Waals surface area contributed by atoms with Gasteiger partial charge in [0.05, 0.1) is 0 Å². The summed E-state index contributed by atoms with van der Waals surface area (Å²) in [6.07, 6.45) is 3.07. The van der Waals surface area contributed by atoms with Crippen LogP contribution in [-0.4, -0.2) is 25.1 Å². The first-order valence-corrected chi connectivity index (χ1v) is 7.84. The van der Waals surface area contributed by atoms with E-state index in [1.165, 1.54) is 0 Å². The molecule has 0 radical (unpaired) electrons. The van der Waals surface area contributed by atoms with Gasteiger partial charge in [0.25, 0.3) is 5.91 Å². The third-order valence-corrected chi connectivity index (χ3v) is 3.65. The van der Waals surface area contributed by atoms with Crippen LogP contribution in [0.5, 0.6) is 5.75 Å². The van der Waals surface area contributed by atoms with E-state index in [0.29, 0.717) is 12.3 Å². The van der Waals surface area contributed by atoms with E-state index in [1.807, 2.05) is 42.5 Å². The first-order chi connectivity index (χ1) is 10.7. The van der Waals surface area contributed by atoms with Crippen LogP contribution in [0, 0.1) is 0 Å². The number of halogens is 1. The molecular formula is C18H25ClN2O2. The van der Waals surface area contributed by atoms with Crippen LogP contribution in [0.4, 0.5) is 0 Å². The van der Waals surface area contributed by atoms with E-state index in [-0.39, 0.29) is 31.0 Å². The van der Waals surface area contributed by atoms with E-state index in [9.17, 15) is 4.79 Å². The molecule has 0 spiro atoms. The SMILES string of the molecule is CCCCC(CN)NC(=O)COc1ccc2ccccc2c1.Cl. The lowest BCUT2D eigenvalue weighted by Gasteiger charge is -2.16. The van der Waals surface area contributed by atoms with Crippen molar-refractivity contribution in [2.45, 2.75) is 32.2 Å². The fourth-order valence-corrected chi connectivity index (χ4v) is 2.37. The van der Waals surface area contributed by atoms with Gasteiger partial charge in [0.1, 0.15) is 5.75 Å². The van der Waals surface area contributed by atoms with Gasteiger partial charge in [-0.15, -0.1) is 12.4 Å². The zero-order valence-electron chi connectivity index (χ0n) is 13.5. The summed E-state index contributed by atoms with van der Waals surface area (Å²) in [6, 6.07) is 13.9. The molecule has 1 amide bonds. The Hall–Kier alpha value is -1.78. The summed E-state index contributed by atoms with van der Waals surface area (Å²) in [5, 5.41) is 5.17. The topological polar surface area (TPSA) is 64.3 Å². The van der Waals surface area contributed by atoms with Gasteiger partial charge in [0, 0.05) is 12.6 Å². The predicted octanol–water partition coefficient (Wildman–Crippen LogP) is 3.27. The largest absolute Gasteiger partial charge is 0.484 e. The fraction of sp³-hybridized carbons (Fsp3) is 0.389. The first-order valence-electron chi connectivity index (χ1n) is 7.84. The van der Waals surface area contributed by atoms with Crippen LogP contribution < -0.4 is 15.8 Å². The molecule has 1 unspecified atom stereocenters. The summed E-state index contributed by atoms with van der Waals surface area (Å²) in [5.41, 5.74) is 5.68. The molecule has 0 aliphatic rings. The molecule has 0 heterocycles. The van der Waals surface area contributed by atoms with Crippen molar-refractivity contribution in [3.8, 4) is 5.75 Å². The van der Waals surface area contributed by atoms with E-state index in [2.05, 4.69) is 12.2 Å². The minimum Gasteiger partial charge on any atom is -0.484 e.